The van der Waals surface area contributed by atoms with Gasteiger partial charge in [-0.15, -0.1) is 0 Å². The number of aromatic hydroxyl groups is 2. The molecule has 0 saturated carbocycles. The van der Waals surface area contributed by atoms with Crippen LogP contribution in [-0.4, -0.2) is 76.2 Å². The molecule has 0 amide bonds. The van der Waals surface area contributed by atoms with Crippen LogP contribution in [0.4, 0.5) is 11.9 Å². The Morgan fingerprint density at radius 2 is 2.06 bits per heavy atom. The summed E-state index contributed by atoms with van der Waals surface area (Å²) in [5.74, 6) is -0.664. The van der Waals surface area contributed by atoms with Gasteiger partial charge < -0.3 is 36.0 Å². The summed E-state index contributed by atoms with van der Waals surface area (Å²) in [5, 5.41) is 53.0. The molecule has 2 aromatic heterocycles. The normalized spacial score (nSPS) is 23.7. The summed E-state index contributed by atoms with van der Waals surface area (Å²) in [7, 11) is 0. The van der Waals surface area contributed by atoms with Gasteiger partial charge in [-0.05, 0) is 12.1 Å². The van der Waals surface area contributed by atoms with E-state index in [2.05, 4.69) is 25.5 Å². The van der Waals surface area contributed by atoms with Crippen molar-refractivity contribution >= 4 is 29.3 Å². The Balaban J connectivity index is 1.76. The molecule has 1 aliphatic rings. The maximum absolute atomic E-state index is 12.3. The lowest BCUT2D eigenvalue weighted by molar-refractivity contribution is -0.0501. The average molecular weight is 433 g/mol. The largest absolute Gasteiger partial charge is 0.508 e. The number of anilines is 2. The lowest BCUT2D eigenvalue weighted by Gasteiger charge is -2.18. The number of aliphatic hydroxyl groups is 3. The number of nitrogen functional groups attached to an aromatic ring is 1. The second-order valence-electron chi connectivity index (χ2n) is 6.77. The first-order valence-electron chi connectivity index (χ1n) is 9.01. The zero-order valence-corrected chi connectivity index (χ0v) is 15.7. The first kappa shape index (κ1) is 20.5. The minimum atomic E-state index is -1.48. The number of nitrogens with one attached hydrogen (secondary N) is 2. The van der Waals surface area contributed by atoms with Gasteiger partial charge in [-0.25, -0.2) is 10.4 Å². The van der Waals surface area contributed by atoms with E-state index in [9.17, 15) is 30.3 Å². The number of fused-ring (bicyclic) bond motifs is 1. The van der Waals surface area contributed by atoms with Crippen molar-refractivity contribution in [2.24, 2.45) is 5.10 Å². The van der Waals surface area contributed by atoms with Gasteiger partial charge in [0.05, 0.1) is 12.8 Å². The molecule has 0 bridgehead atoms. The molecule has 31 heavy (non-hydrogen) atoms. The number of ether oxygens (including phenoxy) is 1. The molecule has 1 saturated heterocycles. The summed E-state index contributed by atoms with van der Waals surface area (Å²) in [6.45, 7) is -0.557. The van der Waals surface area contributed by atoms with E-state index in [1.165, 1.54) is 22.9 Å². The minimum absolute atomic E-state index is 0.0544. The number of nitrogens with zero attached hydrogens (tertiary/aromatic N) is 4. The van der Waals surface area contributed by atoms with Gasteiger partial charge in [0.25, 0.3) is 5.56 Å². The number of H-pyrrole nitrogens is 1. The molecule has 1 aliphatic heterocycles. The van der Waals surface area contributed by atoms with Crippen LogP contribution in [0.5, 0.6) is 11.5 Å². The first-order valence-corrected chi connectivity index (χ1v) is 9.01. The van der Waals surface area contributed by atoms with Crippen LogP contribution in [0.3, 0.4) is 0 Å². The molecule has 14 nitrogen and oxygen atoms in total. The number of benzene rings is 1. The summed E-state index contributed by atoms with van der Waals surface area (Å²) in [6.07, 6.45) is -4.02. The maximum atomic E-state index is 12.3. The molecular weight excluding hydrogens is 414 g/mol. The van der Waals surface area contributed by atoms with E-state index in [0.29, 0.717) is 0 Å². The minimum Gasteiger partial charge on any atom is -0.508 e. The van der Waals surface area contributed by atoms with E-state index >= 15 is 0 Å². The van der Waals surface area contributed by atoms with E-state index in [0.717, 1.165) is 6.07 Å². The van der Waals surface area contributed by atoms with Crippen molar-refractivity contribution in [2.75, 3.05) is 17.8 Å². The number of aromatic nitrogens is 4. The third-order valence-corrected chi connectivity index (χ3v) is 4.72. The van der Waals surface area contributed by atoms with Crippen LogP contribution in [-0.2, 0) is 4.74 Å². The van der Waals surface area contributed by atoms with Gasteiger partial charge in [0.2, 0.25) is 11.9 Å². The third-order valence-electron chi connectivity index (χ3n) is 4.72. The number of rotatable bonds is 5. The molecule has 9 N–H and O–H groups in total. The highest BCUT2D eigenvalue weighted by atomic mass is 16.6. The van der Waals surface area contributed by atoms with Crippen LogP contribution in [0, 0.1) is 0 Å². The smallest absolute Gasteiger partial charge is 0.280 e. The fourth-order valence-corrected chi connectivity index (χ4v) is 3.21. The Hall–Kier alpha value is -3.72. The third kappa shape index (κ3) is 3.64. The van der Waals surface area contributed by atoms with Gasteiger partial charge in [0.1, 0.15) is 29.8 Å². The van der Waals surface area contributed by atoms with Gasteiger partial charge in [-0.3, -0.25) is 14.3 Å². The number of hydrogen-bond acceptors (Lipinski definition) is 12. The number of aliphatic hydroxyl groups excluding tert-OH is 3. The second-order valence-corrected chi connectivity index (χ2v) is 6.77. The number of hydrogen-bond donors (Lipinski definition) is 8. The molecule has 4 rings (SSSR count). The Bertz CT molecular complexity index is 1210. The summed E-state index contributed by atoms with van der Waals surface area (Å²) >= 11 is 0. The molecule has 0 unspecified atom stereocenters. The lowest BCUT2D eigenvalue weighted by Crippen LogP contribution is -2.33. The van der Waals surface area contributed by atoms with Crippen LogP contribution < -0.4 is 16.7 Å². The topological polar surface area (TPSA) is 224 Å². The van der Waals surface area contributed by atoms with Crippen molar-refractivity contribution in [3.05, 3.63) is 34.1 Å². The van der Waals surface area contributed by atoms with Crippen molar-refractivity contribution in [3.8, 4) is 11.5 Å². The van der Waals surface area contributed by atoms with E-state index in [1.807, 2.05) is 0 Å². The van der Waals surface area contributed by atoms with Crippen LogP contribution >= 0.6 is 0 Å². The molecule has 3 heterocycles. The lowest BCUT2D eigenvalue weighted by atomic mass is 10.1. The van der Waals surface area contributed by atoms with Crippen molar-refractivity contribution in [2.45, 2.75) is 24.5 Å². The molecule has 0 radical (unpaired) electrons. The molecule has 14 heteroatoms. The van der Waals surface area contributed by atoms with E-state index in [-0.39, 0.29) is 40.1 Å². The van der Waals surface area contributed by atoms with E-state index < -0.39 is 36.7 Å². The number of nitrogens with two attached hydrogens (primary N) is 1. The fraction of sp³-hybridized carbons (Fsp3) is 0.294. The predicted molar refractivity (Wildman–Crippen MR) is 107 cm³/mol. The summed E-state index contributed by atoms with van der Waals surface area (Å²) in [5.41, 5.74) is 7.60. The van der Waals surface area contributed by atoms with Crippen molar-refractivity contribution in [1.82, 2.24) is 19.5 Å². The second kappa shape index (κ2) is 7.84. The van der Waals surface area contributed by atoms with Crippen LogP contribution in [0.1, 0.15) is 11.8 Å². The van der Waals surface area contributed by atoms with Crippen molar-refractivity contribution < 1.29 is 30.3 Å². The fourth-order valence-electron chi connectivity index (χ4n) is 3.21. The van der Waals surface area contributed by atoms with Gasteiger partial charge in [0, 0.05) is 11.6 Å². The monoisotopic (exact) mass is 433 g/mol. The Morgan fingerprint density at radius 3 is 2.74 bits per heavy atom. The maximum Gasteiger partial charge on any atom is 0.280 e. The van der Waals surface area contributed by atoms with Gasteiger partial charge >= 0.3 is 0 Å². The van der Waals surface area contributed by atoms with Gasteiger partial charge in [0.15, 0.2) is 17.4 Å². The van der Waals surface area contributed by atoms with Gasteiger partial charge in [-0.2, -0.15) is 10.1 Å². The summed E-state index contributed by atoms with van der Waals surface area (Å²) in [6, 6.07) is 3.89. The molecule has 164 valence electrons. The molecule has 1 fully saturated rings. The Kier molecular flexibility index (Phi) is 5.20. The Morgan fingerprint density at radius 1 is 1.29 bits per heavy atom. The average Bonchev–Trinajstić information content (AvgIpc) is 3.21. The number of imidazole rings is 1. The quantitative estimate of drug-likeness (QED) is 0.165. The van der Waals surface area contributed by atoms with Gasteiger partial charge in [-0.1, -0.05) is 0 Å². The SMILES string of the molecule is Nc1nc2c(nc(N/N=C\c3ccc(O)cc3O)n2[C@@H]2O[C@H](CO)[C@H](O)[C@H]2O)c(=O)[nH]1. The Labute approximate surface area is 172 Å². The zero-order valence-electron chi connectivity index (χ0n) is 15.7. The van der Waals surface area contributed by atoms with E-state index in [1.54, 1.807) is 0 Å². The highest BCUT2D eigenvalue weighted by Gasteiger charge is 2.45. The molecule has 4 atom stereocenters. The molecule has 0 aliphatic carbocycles. The molecule has 1 aromatic carbocycles. The van der Waals surface area contributed by atoms with E-state index in [4.69, 9.17) is 10.5 Å². The predicted octanol–water partition coefficient (Wildman–Crippen LogP) is -1.83. The molecular formula is C17H19N7O7. The van der Waals surface area contributed by atoms with Crippen LogP contribution in [0.15, 0.2) is 28.1 Å². The highest BCUT2D eigenvalue weighted by molar-refractivity contribution is 5.84. The van der Waals surface area contributed by atoms with Crippen LogP contribution in [0.25, 0.3) is 11.2 Å². The number of phenols is 2. The van der Waals surface area contributed by atoms with Crippen molar-refractivity contribution in [1.29, 1.82) is 0 Å². The highest BCUT2D eigenvalue weighted by Crippen LogP contribution is 2.34. The summed E-state index contributed by atoms with van der Waals surface area (Å²) in [4.78, 5) is 22.7. The molecule has 0 spiro atoms. The molecule has 3 aromatic rings. The zero-order chi connectivity index (χ0) is 22.3. The number of phenolic OH excluding ortho intramolecular Hbond substituents is 2. The number of hydrazone groups is 1. The van der Waals surface area contributed by atoms with Crippen molar-refractivity contribution in [3.63, 3.8) is 0 Å². The first-order chi connectivity index (χ1) is 14.8. The van der Waals surface area contributed by atoms with Crippen LogP contribution in [0.2, 0.25) is 0 Å². The summed E-state index contributed by atoms with van der Waals surface area (Å²) < 4.78 is 6.70. The standard InChI is InChI=1S/C17H19N7O7/c18-16-21-13-10(14(30)22-16)20-17(23-19-4-6-1-2-7(26)3-8(6)27)24(13)15-12(29)11(28)9(5-25)31-15/h1-4,9,11-12,15,25-29H,5H2,(H,20,23)(H3,18,21,22,30)/b19-4-/t9-,11+,12-,15-/m1/s1. The number of aromatic amines is 1.